The van der Waals surface area contributed by atoms with Crippen LogP contribution in [0.4, 0.5) is 0 Å². The Bertz CT molecular complexity index is 402. The molecule has 0 aromatic rings. The molecule has 0 N–H and O–H groups in total. The number of alkyl halides is 1. The van der Waals surface area contributed by atoms with Crippen LogP contribution < -0.4 is 0 Å². The van der Waals surface area contributed by atoms with Gasteiger partial charge in [-0.15, -0.1) is 11.6 Å². The highest BCUT2D eigenvalue weighted by atomic mass is 35.5. The molecule has 1 aliphatic heterocycles. The lowest BCUT2D eigenvalue weighted by Gasteiger charge is -2.44. The second-order valence-electron chi connectivity index (χ2n) is 7.48. The fourth-order valence-electron chi connectivity index (χ4n) is 4.29. The predicted octanol–water partition coefficient (Wildman–Crippen LogP) is 4.52. The Morgan fingerprint density at radius 2 is 2.10 bits per heavy atom. The van der Waals surface area contributed by atoms with Crippen LogP contribution in [0, 0.1) is 17.3 Å². The van der Waals surface area contributed by atoms with E-state index in [1.807, 2.05) is 0 Å². The highest BCUT2D eigenvalue weighted by molar-refractivity contribution is 6.18. The van der Waals surface area contributed by atoms with E-state index < -0.39 is 0 Å². The second kappa shape index (κ2) is 5.62. The monoisotopic (exact) mass is 298 g/mol. The van der Waals surface area contributed by atoms with Crippen LogP contribution in [-0.2, 0) is 9.47 Å². The maximum absolute atomic E-state index is 5.99. The van der Waals surface area contributed by atoms with Crippen molar-refractivity contribution < 1.29 is 9.47 Å². The number of hydrogen-bond acceptors (Lipinski definition) is 2. The van der Waals surface area contributed by atoms with E-state index in [0.29, 0.717) is 29.7 Å². The maximum atomic E-state index is 5.99. The van der Waals surface area contributed by atoms with E-state index in [4.69, 9.17) is 21.1 Å². The molecule has 0 saturated carbocycles. The largest absolute Gasteiger partial charge is 0.350 e. The smallest absolute Gasteiger partial charge is 0.161 e. The van der Waals surface area contributed by atoms with Crippen LogP contribution in [0.3, 0.4) is 0 Å². The average Bonchev–Trinajstić information content (AvgIpc) is 2.86. The van der Waals surface area contributed by atoms with Gasteiger partial charge in [-0.25, -0.2) is 0 Å². The normalized spacial score (nSPS) is 40.8. The third-order valence-electron chi connectivity index (χ3n) is 5.56. The van der Waals surface area contributed by atoms with Crippen LogP contribution in [0.2, 0.25) is 0 Å². The van der Waals surface area contributed by atoms with Crippen LogP contribution >= 0.6 is 11.6 Å². The van der Waals surface area contributed by atoms with Gasteiger partial charge in [0.15, 0.2) is 6.29 Å². The van der Waals surface area contributed by atoms with Crippen molar-refractivity contribution in [2.24, 2.45) is 17.3 Å². The molecule has 0 aromatic heterocycles. The Morgan fingerprint density at radius 1 is 1.30 bits per heavy atom. The molecule has 0 unspecified atom stereocenters. The molecule has 1 heterocycles. The lowest BCUT2D eigenvalue weighted by Crippen LogP contribution is -2.36. The summed E-state index contributed by atoms with van der Waals surface area (Å²) in [7, 11) is 0. The molecule has 0 bridgehead atoms. The van der Waals surface area contributed by atoms with Gasteiger partial charge >= 0.3 is 0 Å². The van der Waals surface area contributed by atoms with Crippen LogP contribution in [0.15, 0.2) is 11.1 Å². The summed E-state index contributed by atoms with van der Waals surface area (Å²) in [5.74, 6) is 1.69. The molecular weight excluding hydrogens is 272 g/mol. The molecule has 0 radical (unpaired) electrons. The Kier molecular flexibility index (Phi) is 4.18. The standard InChI is InChI=1S/C17H27ClO2/c1-11-7-12-5-4-6-17(2,3)15(12)8-14(11)16-19-10-13(9-18)20-16/h11,13-14,16H,4-10H2,1-3H3/t11-,13+,14+,16+/m0/s1. The number of hydrogen-bond donors (Lipinski definition) is 0. The van der Waals surface area contributed by atoms with Gasteiger partial charge in [-0.1, -0.05) is 31.9 Å². The van der Waals surface area contributed by atoms with Crippen molar-refractivity contribution in [2.75, 3.05) is 12.5 Å². The Balaban J connectivity index is 1.77. The minimum absolute atomic E-state index is 0.0412. The average molecular weight is 299 g/mol. The van der Waals surface area contributed by atoms with Crippen molar-refractivity contribution in [3.05, 3.63) is 11.1 Å². The van der Waals surface area contributed by atoms with E-state index in [0.717, 1.165) is 6.42 Å². The zero-order valence-electron chi connectivity index (χ0n) is 13.0. The summed E-state index contributed by atoms with van der Waals surface area (Å²) >= 11 is 5.89. The molecule has 0 spiro atoms. The van der Waals surface area contributed by atoms with E-state index in [1.165, 1.54) is 25.7 Å². The summed E-state index contributed by atoms with van der Waals surface area (Å²) < 4.78 is 11.9. The molecule has 1 saturated heterocycles. The number of allylic oxidation sites excluding steroid dienone is 2. The fraction of sp³-hybridized carbons (Fsp3) is 0.882. The third-order valence-corrected chi connectivity index (χ3v) is 5.90. The van der Waals surface area contributed by atoms with Gasteiger partial charge in [-0.2, -0.15) is 0 Å². The predicted molar refractivity (Wildman–Crippen MR) is 81.9 cm³/mol. The molecule has 0 amide bonds. The molecule has 2 nitrogen and oxygen atoms in total. The van der Waals surface area contributed by atoms with Crippen LogP contribution in [-0.4, -0.2) is 24.9 Å². The van der Waals surface area contributed by atoms with E-state index in [2.05, 4.69) is 20.8 Å². The van der Waals surface area contributed by atoms with Gasteiger partial charge in [-0.05, 0) is 43.4 Å². The minimum Gasteiger partial charge on any atom is -0.350 e. The molecule has 20 heavy (non-hydrogen) atoms. The second-order valence-corrected chi connectivity index (χ2v) is 7.79. The van der Waals surface area contributed by atoms with Crippen LogP contribution in [0.5, 0.6) is 0 Å². The van der Waals surface area contributed by atoms with E-state index in [1.54, 1.807) is 11.1 Å². The number of rotatable bonds is 2. The molecule has 0 aromatic carbocycles. The molecule has 2 aliphatic carbocycles. The van der Waals surface area contributed by atoms with Gasteiger partial charge in [0.05, 0.1) is 18.6 Å². The summed E-state index contributed by atoms with van der Waals surface area (Å²) in [5, 5.41) is 0. The Labute approximate surface area is 127 Å². The summed E-state index contributed by atoms with van der Waals surface area (Å²) in [6.45, 7) is 7.84. The topological polar surface area (TPSA) is 18.5 Å². The fourth-order valence-corrected chi connectivity index (χ4v) is 4.45. The first-order chi connectivity index (χ1) is 9.51. The van der Waals surface area contributed by atoms with Gasteiger partial charge in [-0.3, -0.25) is 0 Å². The molecule has 3 aliphatic rings. The van der Waals surface area contributed by atoms with E-state index in [9.17, 15) is 0 Å². The first kappa shape index (κ1) is 14.9. The van der Waals surface area contributed by atoms with Crippen LogP contribution in [0.1, 0.15) is 52.9 Å². The highest BCUT2D eigenvalue weighted by Gasteiger charge is 2.42. The van der Waals surface area contributed by atoms with E-state index in [-0.39, 0.29) is 12.4 Å². The van der Waals surface area contributed by atoms with Crippen LogP contribution in [0.25, 0.3) is 0 Å². The van der Waals surface area contributed by atoms with E-state index >= 15 is 0 Å². The summed E-state index contributed by atoms with van der Waals surface area (Å²) in [5.41, 5.74) is 3.81. The van der Waals surface area contributed by atoms with Gasteiger partial charge in [0, 0.05) is 5.92 Å². The molecule has 114 valence electrons. The number of ether oxygens (including phenoxy) is 2. The molecule has 3 heteroatoms. The molecule has 1 fully saturated rings. The van der Waals surface area contributed by atoms with Crippen molar-refractivity contribution in [3.63, 3.8) is 0 Å². The summed E-state index contributed by atoms with van der Waals surface area (Å²) in [6, 6.07) is 0. The van der Waals surface area contributed by atoms with Crippen molar-refractivity contribution in [1.82, 2.24) is 0 Å². The van der Waals surface area contributed by atoms with Crippen molar-refractivity contribution in [3.8, 4) is 0 Å². The molecule has 3 rings (SSSR count). The SMILES string of the molecule is C[C@H]1CC2=C(C[C@H]1[C@@H]1OC[C@@H](CCl)O1)C(C)(C)CCC2. The van der Waals surface area contributed by atoms with Gasteiger partial charge in [0.1, 0.15) is 0 Å². The lowest BCUT2D eigenvalue weighted by atomic mass is 9.63. The molecular formula is C17H27ClO2. The van der Waals surface area contributed by atoms with Gasteiger partial charge < -0.3 is 9.47 Å². The quantitative estimate of drug-likeness (QED) is 0.551. The third kappa shape index (κ3) is 2.67. The zero-order valence-corrected chi connectivity index (χ0v) is 13.7. The van der Waals surface area contributed by atoms with Crippen molar-refractivity contribution >= 4 is 11.6 Å². The zero-order chi connectivity index (χ0) is 14.3. The maximum Gasteiger partial charge on any atom is 0.161 e. The Hall–Kier alpha value is -0.0500. The highest BCUT2D eigenvalue weighted by Crippen LogP contribution is 2.50. The summed E-state index contributed by atoms with van der Waals surface area (Å²) in [4.78, 5) is 0. The Morgan fingerprint density at radius 3 is 2.80 bits per heavy atom. The van der Waals surface area contributed by atoms with Crippen molar-refractivity contribution in [1.29, 1.82) is 0 Å². The van der Waals surface area contributed by atoms with Crippen molar-refractivity contribution in [2.45, 2.75) is 65.3 Å². The number of halogens is 1. The van der Waals surface area contributed by atoms with Gasteiger partial charge in [0.25, 0.3) is 0 Å². The first-order valence-corrected chi connectivity index (χ1v) is 8.59. The first-order valence-electron chi connectivity index (χ1n) is 8.05. The lowest BCUT2D eigenvalue weighted by molar-refractivity contribution is -0.110. The minimum atomic E-state index is -0.0412. The van der Waals surface area contributed by atoms with Gasteiger partial charge in [0.2, 0.25) is 0 Å². The molecule has 4 atom stereocenters. The summed E-state index contributed by atoms with van der Waals surface area (Å²) in [6.07, 6.45) is 6.43.